The average Bonchev–Trinajstić information content (AvgIpc) is 2.53. The number of thioether (sulfide) groups is 1. The predicted octanol–water partition coefficient (Wildman–Crippen LogP) is 2.48. The fourth-order valence-corrected chi connectivity index (χ4v) is 2.05. The van der Waals surface area contributed by atoms with E-state index in [2.05, 4.69) is 12.1 Å². The lowest BCUT2D eigenvalue weighted by Crippen LogP contribution is -2.12. The van der Waals surface area contributed by atoms with E-state index in [-0.39, 0.29) is 11.4 Å². The molecule has 1 unspecified atom stereocenters. The van der Waals surface area contributed by atoms with Gasteiger partial charge in [0.1, 0.15) is 6.10 Å². The van der Waals surface area contributed by atoms with Crippen molar-refractivity contribution in [1.29, 1.82) is 0 Å². The fourth-order valence-electron chi connectivity index (χ4n) is 1.34. The molecule has 2 nitrogen and oxygen atoms in total. The van der Waals surface area contributed by atoms with Crippen molar-refractivity contribution in [2.24, 2.45) is 0 Å². The van der Waals surface area contributed by atoms with Crippen LogP contribution in [0.25, 0.3) is 0 Å². The molecule has 0 N–H and O–H groups in total. The summed E-state index contributed by atoms with van der Waals surface area (Å²) in [4.78, 5) is 10.8. The molecule has 0 aliphatic carbocycles. The van der Waals surface area contributed by atoms with Gasteiger partial charge in [-0.15, -0.1) is 0 Å². The van der Waals surface area contributed by atoms with Gasteiger partial charge < -0.3 is 4.74 Å². The summed E-state index contributed by atoms with van der Waals surface area (Å²) in [5, 5.41) is -0.138. The van der Waals surface area contributed by atoms with Crippen LogP contribution < -0.4 is 0 Å². The van der Waals surface area contributed by atoms with Crippen molar-refractivity contribution in [2.45, 2.75) is 12.5 Å². The minimum Gasteiger partial charge on any atom is -0.453 e. The van der Waals surface area contributed by atoms with E-state index in [1.54, 1.807) is 0 Å². The van der Waals surface area contributed by atoms with Crippen molar-refractivity contribution in [3.8, 4) is 0 Å². The predicted molar refractivity (Wildman–Crippen MR) is 52.9 cm³/mol. The lowest BCUT2D eigenvalue weighted by atomic mass is 10.1. The van der Waals surface area contributed by atoms with Gasteiger partial charge in [0.15, 0.2) is 0 Å². The number of rotatable bonds is 2. The quantitative estimate of drug-likeness (QED) is 0.676. The highest BCUT2D eigenvalue weighted by atomic mass is 32.2. The molecule has 0 radical (unpaired) electrons. The maximum atomic E-state index is 10.8. The Morgan fingerprint density at radius 2 is 2.15 bits per heavy atom. The number of cyclic esters (lactones) is 1. The molecule has 1 aliphatic heterocycles. The molecular formula is C10H10O2S. The first kappa shape index (κ1) is 8.63. The fraction of sp³-hybridized carbons (Fsp3) is 0.300. The summed E-state index contributed by atoms with van der Waals surface area (Å²) < 4.78 is 5.09. The van der Waals surface area contributed by atoms with E-state index in [4.69, 9.17) is 4.74 Å². The van der Waals surface area contributed by atoms with Crippen molar-refractivity contribution in [3.05, 3.63) is 35.9 Å². The van der Waals surface area contributed by atoms with Crippen LogP contribution in [0.2, 0.25) is 0 Å². The molecule has 0 amide bonds. The minimum absolute atomic E-state index is 0.0694. The SMILES string of the molecule is O=C1OC(Cc2ccccc2)CS1. The molecule has 1 saturated heterocycles. The van der Waals surface area contributed by atoms with Gasteiger partial charge in [0, 0.05) is 12.2 Å². The van der Waals surface area contributed by atoms with Crippen LogP contribution in [0.1, 0.15) is 5.56 Å². The van der Waals surface area contributed by atoms with Crippen LogP contribution in [0.4, 0.5) is 4.79 Å². The molecule has 1 heterocycles. The number of ether oxygens (including phenoxy) is 1. The molecule has 13 heavy (non-hydrogen) atoms. The lowest BCUT2D eigenvalue weighted by Gasteiger charge is -2.07. The Kier molecular flexibility index (Phi) is 2.54. The van der Waals surface area contributed by atoms with Gasteiger partial charge in [-0.25, -0.2) is 4.79 Å². The Morgan fingerprint density at radius 3 is 2.77 bits per heavy atom. The van der Waals surface area contributed by atoms with Crippen LogP contribution in [-0.2, 0) is 11.2 Å². The standard InChI is InChI=1S/C10H10O2S/c11-10-12-9(7-13-10)6-8-4-2-1-3-5-8/h1-5,9H,6-7H2. The first-order valence-corrected chi connectivity index (χ1v) is 5.20. The minimum atomic E-state index is -0.138. The molecule has 1 aromatic rings. The molecule has 3 heteroatoms. The number of carbonyl (C=O) groups excluding carboxylic acids is 1. The largest absolute Gasteiger partial charge is 0.453 e. The van der Waals surface area contributed by atoms with Gasteiger partial charge >= 0.3 is 5.30 Å². The summed E-state index contributed by atoms with van der Waals surface area (Å²) in [6, 6.07) is 10.1. The van der Waals surface area contributed by atoms with Gasteiger partial charge in [-0.1, -0.05) is 30.3 Å². The van der Waals surface area contributed by atoms with Crippen LogP contribution in [0.5, 0.6) is 0 Å². The zero-order chi connectivity index (χ0) is 9.10. The second-order valence-electron chi connectivity index (χ2n) is 2.99. The van der Waals surface area contributed by atoms with Crippen LogP contribution in [0.15, 0.2) is 30.3 Å². The molecule has 2 rings (SSSR count). The normalized spacial score (nSPS) is 21.5. The zero-order valence-corrected chi connectivity index (χ0v) is 7.92. The molecule has 0 saturated carbocycles. The maximum Gasteiger partial charge on any atom is 0.367 e. The van der Waals surface area contributed by atoms with E-state index in [1.165, 1.54) is 17.3 Å². The van der Waals surface area contributed by atoms with Gasteiger partial charge in [-0.2, -0.15) is 0 Å². The highest BCUT2D eigenvalue weighted by molar-refractivity contribution is 8.13. The van der Waals surface area contributed by atoms with Crippen molar-refractivity contribution in [2.75, 3.05) is 5.75 Å². The highest BCUT2D eigenvalue weighted by Gasteiger charge is 2.23. The highest BCUT2D eigenvalue weighted by Crippen LogP contribution is 2.22. The summed E-state index contributed by atoms with van der Waals surface area (Å²) in [6.07, 6.45) is 0.902. The van der Waals surface area contributed by atoms with Crippen molar-refractivity contribution in [3.63, 3.8) is 0 Å². The van der Waals surface area contributed by atoms with Crippen LogP contribution in [0, 0.1) is 0 Å². The summed E-state index contributed by atoms with van der Waals surface area (Å²) in [6.45, 7) is 0. The molecule has 1 atom stereocenters. The Bertz CT molecular complexity index is 297. The molecule has 1 fully saturated rings. The first-order valence-electron chi connectivity index (χ1n) is 4.22. The Balaban J connectivity index is 1.96. The monoisotopic (exact) mass is 194 g/mol. The average molecular weight is 194 g/mol. The van der Waals surface area contributed by atoms with Gasteiger partial charge in [0.05, 0.1) is 0 Å². The second-order valence-corrected chi connectivity index (χ2v) is 3.95. The summed E-state index contributed by atoms with van der Waals surface area (Å²) >= 11 is 1.26. The van der Waals surface area contributed by atoms with Crippen LogP contribution >= 0.6 is 11.8 Å². The van der Waals surface area contributed by atoms with E-state index in [0.29, 0.717) is 0 Å². The van der Waals surface area contributed by atoms with Crippen LogP contribution in [-0.4, -0.2) is 17.2 Å². The lowest BCUT2D eigenvalue weighted by molar-refractivity contribution is 0.144. The van der Waals surface area contributed by atoms with Gasteiger partial charge in [0.25, 0.3) is 0 Å². The van der Waals surface area contributed by atoms with E-state index in [1.807, 2.05) is 18.2 Å². The molecule has 0 aromatic heterocycles. The van der Waals surface area contributed by atoms with Crippen molar-refractivity contribution in [1.82, 2.24) is 0 Å². The van der Waals surface area contributed by atoms with E-state index in [0.717, 1.165) is 12.2 Å². The summed E-state index contributed by atoms with van der Waals surface area (Å²) in [7, 11) is 0. The van der Waals surface area contributed by atoms with E-state index >= 15 is 0 Å². The number of hydrogen-bond acceptors (Lipinski definition) is 3. The molecule has 0 bridgehead atoms. The first-order chi connectivity index (χ1) is 6.34. The summed E-state index contributed by atoms with van der Waals surface area (Å²) in [5.74, 6) is 0.785. The topological polar surface area (TPSA) is 26.3 Å². The Hall–Kier alpha value is -0.960. The molecule has 68 valence electrons. The molecular weight excluding hydrogens is 184 g/mol. The summed E-state index contributed by atoms with van der Waals surface area (Å²) in [5.41, 5.74) is 1.22. The van der Waals surface area contributed by atoms with E-state index < -0.39 is 0 Å². The molecule has 1 aromatic carbocycles. The van der Waals surface area contributed by atoms with Crippen molar-refractivity contribution >= 4 is 17.1 Å². The number of hydrogen-bond donors (Lipinski definition) is 0. The van der Waals surface area contributed by atoms with Gasteiger partial charge in [0.2, 0.25) is 0 Å². The van der Waals surface area contributed by atoms with E-state index in [9.17, 15) is 4.79 Å². The third kappa shape index (κ3) is 2.25. The Labute approximate surface area is 81.3 Å². The Morgan fingerprint density at radius 1 is 1.38 bits per heavy atom. The number of carbonyl (C=O) groups is 1. The van der Waals surface area contributed by atoms with Gasteiger partial charge in [-0.3, -0.25) is 0 Å². The zero-order valence-electron chi connectivity index (χ0n) is 7.10. The smallest absolute Gasteiger partial charge is 0.367 e. The van der Waals surface area contributed by atoms with Crippen molar-refractivity contribution < 1.29 is 9.53 Å². The van der Waals surface area contributed by atoms with Gasteiger partial charge in [-0.05, 0) is 17.3 Å². The second kappa shape index (κ2) is 3.83. The third-order valence-electron chi connectivity index (χ3n) is 1.96. The molecule has 0 spiro atoms. The number of benzene rings is 1. The molecule has 1 aliphatic rings. The maximum absolute atomic E-state index is 10.8. The van der Waals surface area contributed by atoms with Crippen LogP contribution in [0.3, 0.4) is 0 Å². The third-order valence-corrected chi connectivity index (χ3v) is 2.83.